The number of carboxylic acid groups (broad SMARTS) is 1. The summed E-state index contributed by atoms with van der Waals surface area (Å²) in [5, 5.41) is 11.4. The maximum atomic E-state index is 10.3. The molecule has 0 heterocycles. The molecular weight excluding hydrogens is 314 g/mol. The molecule has 5 nitrogen and oxygen atoms in total. The van der Waals surface area contributed by atoms with Crippen LogP contribution < -0.4 is 5.32 Å². The SMILES string of the molecule is CCCCCCCCCCCCCCC(=O)O.CN=C(NC)N(C)C. The van der Waals surface area contributed by atoms with E-state index in [1.807, 2.05) is 26.0 Å². The van der Waals surface area contributed by atoms with Crippen LogP contribution in [0.15, 0.2) is 4.99 Å². The Kier molecular flexibility index (Phi) is 21.6. The Morgan fingerprint density at radius 1 is 0.880 bits per heavy atom. The third-order valence-corrected chi connectivity index (χ3v) is 4.10. The van der Waals surface area contributed by atoms with Crippen LogP contribution in [0.5, 0.6) is 0 Å². The Hall–Kier alpha value is -1.26. The molecule has 150 valence electrons. The van der Waals surface area contributed by atoms with Gasteiger partial charge < -0.3 is 15.3 Å². The van der Waals surface area contributed by atoms with Crippen LogP contribution >= 0.6 is 0 Å². The Labute approximate surface area is 156 Å². The van der Waals surface area contributed by atoms with Gasteiger partial charge >= 0.3 is 5.97 Å². The number of carboxylic acids is 1. The van der Waals surface area contributed by atoms with Crippen LogP contribution in [0, 0.1) is 0 Å². The van der Waals surface area contributed by atoms with Crippen molar-refractivity contribution in [3.63, 3.8) is 0 Å². The van der Waals surface area contributed by atoms with Crippen LogP contribution in [0.3, 0.4) is 0 Å². The average Bonchev–Trinajstić information content (AvgIpc) is 2.57. The van der Waals surface area contributed by atoms with Crippen molar-refractivity contribution in [2.24, 2.45) is 4.99 Å². The monoisotopic (exact) mass is 357 g/mol. The number of hydrogen-bond donors (Lipinski definition) is 2. The zero-order chi connectivity index (χ0) is 19.3. The lowest BCUT2D eigenvalue weighted by molar-refractivity contribution is -0.137. The fourth-order valence-corrected chi connectivity index (χ4v) is 2.65. The van der Waals surface area contributed by atoms with Crippen LogP contribution in [0.2, 0.25) is 0 Å². The van der Waals surface area contributed by atoms with E-state index in [0.717, 1.165) is 18.8 Å². The number of aliphatic carboxylic acids is 1. The lowest BCUT2D eigenvalue weighted by Crippen LogP contribution is -2.33. The molecule has 0 saturated heterocycles. The summed E-state index contributed by atoms with van der Waals surface area (Å²) in [7, 11) is 7.49. The minimum Gasteiger partial charge on any atom is -0.481 e. The van der Waals surface area contributed by atoms with E-state index in [9.17, 15) is 4.79 Å². The minimum absolute atomic E-state index is 0.345. The second kappa shape index (κ2) is 20.8. The summed E-state index contributed by atoms with van der Waals surface area (Å²) < 4.78 is 0. The van der Waals surface area contributed by atoms with Crippen LogP contribution in [0.1, 0.15) is 90.4 Å². The van der Waals surface area contributed by atoms with E-state index in [-0.39, 0.29) is 0 Å². The van der Waals surface area contributed by atoms with Gasteiger partial charge in [-0.25, -0.2) is 0 Å². The van der Waals surface area contributed by atoms with E-state index >= 15 is 0 Å². The third-order valence-electron chi connectivity index (χ3n) is 4.10. The van der Waals surface area contributed by atoms with Crippen molar-refractivity contribution < 1.29 is 9.90 Å². The maximum Gasteiger partial charge on any atom is 0.303 e. The van der Waals surface area contributed by atoms with Crippen LogP contribution in [-0.2, 0) is 4.79 Å². The number of aliphatic imine (C=N–C) groups is 1. The number of carbonyl (C=O) groups is 1. The van der Waals surface area contributed by atoms with Gasteiger partial charge in [0, 0.05) is 34.6 Å². The quantitative estimate of drug-likeness (QED) is 0.279. The molecule has 0 bridgehead atoms. The van der Waals surface area contributed by atoms with Crippen molar-refractivity contribution in [3.8, 4) is 0 Å². The molecule has 0 rings (SSSR count). The molecular formula is C20H43N3O2. The van der Waals surface area contributed by atoms with Gasteiger partial charge in [-0.3, -0.25) is 9.79 Å². The molecule has 0 aromatic carbocycles. The van der Waals surface area contributed by atoms with Gasteiger partial charge in [0.1, 0.15) is 0 Å². The Morgan fingerprint density at radius 2 is 1.28 bits per heavy atom. The lowest BCUT2D eigenvalue weighted by Gasteiger charge is -2.12. The summed E-state index contributed by atoms with van der Waals surface area (Å²) in [5.41, 5.74) is 0. The molecule has 0 amide bonds. The van der Waals surface area contributed by atoms with Gasteiger partial charge in [0.25, 0.3) is 0 Å². The molecule has 0 atom stereocenters. The van der Waals surface area contributed by atoms with E-state index < -0.39 is 5.97 Å². The molecule has 5 heteroatoms. The average molecular weight is 358 g/mol. The minimum atomic E-state index is -0.655. The molecule has 0 aliphatic rings. The van der Waals surface area contributed by atoms with E-state index in [4.69, 9.17) is 5.11 Å². The predicted molar refractivity (Wildman–Crippen MR) is 109 cm³/mol. The van der Waals surface area contributed by atoms with Crippen molar-refractivity contribution in [3.05, 3.63) is 0 Å². The van der Waals surface area contributed by atoms with Crippen molar-refractivity contribution >= 4 is 11.9 Å². The van der Waals surface area contributed by atoms with E-state index in [2.05, 4.69) is 17.2 Å². The highest BCUT2D eigenvalue weighted by Gasteiger charge is 1.96. The summed E-state index contributed by atoms with van der Waals surface area (Å²) in [6.07, 6.45) is 15.8. The van der Waals surface area contributed by atoms with E-state index in [1.54, 1.807) is 7.05 Å². The standard InChI is InChI=1S/C15H30O2.C5H13N3/c1-2-3-4-5-6-7-8-9-10-11-12-13-14-15(16)17;1-6-5(7-2)8(3)4/h2-14H2,1H3,(H,16,17);1-4H3,(H,6,7). The predicted octanol–water partition coefficient (Wildman–Crippen LogP) is 4.92. The molecule has 0 spiro atoms. The fraction of sp³-hybridized carbons (Fsp3) is 0.900. The second-order valence-electron chi connectivity index (χ2n) is 6.72. The van der Waals surface area contributed by atoms with Gasteiger partial charge in [-0.2, -0.15) is 0 Å². The number of nitrogens with zero attached hydrogens (tertiary/aromatic N) is 2. The maximum absolute atomic E-state index is 10.3. The van der Waals surface area contributed by atoms with Gasteiger partial charge in [0.15, 0.2) is 5.96 Å². The summed E-state index contributed by atoms with van der Waals surface area (Å²) in [6.45, 7) is 2.25. The first-order valence-electron chi connectivity index (χ1n) is 10.0. The number of guanidine groups is 1. The molecule has 0 radical (unpaired) electrons. The van der Waals surface area contributed by atoms with Crippen molar-refractivity contribution in [2.75, 3.05) is 28.2 Å². The van der Waals surface area contributed by atoms with Crippen molar-refractivity contribution in [1.29, 1.82) is 0 Å². The Bertz CT molecular complexity index is 318. The molecule has 0 unspecified atom stereocenters. The van der Waals surface area contributed by atoms with Gasteiger partial charge in [-0.15, -0.1) is 0 Å². The molecule has 0 aromatic rings. The topological polar surface area (TPSA) is 64.9 Å². The Morgan fingerprint density at radius 3 is 1.52 bits per heavy atom. The van der Waals surface area contributed by atoms with E-state index in [1.165, 1.54) is 64.2 Å². The van der Waals surface area contributed by atoms with E-state index in [0.29, 0.717) is 6.42 Å². The molecule has 0 saturated carbocycles. The van der Waals surface area contributed by atoms with Crippen LogP contribution in [0.25, 0.3) is 0 Å². The van der Waals surface area contributed by atoms with Crippen molar-refractivity contribution in [1.82, 2.24) is 10.2 Å². The highest BCUT2D eigenvalue weighted by Crippen LogP contribution is 2.12. The number of hydrogen-bond acceptors (Lipinski definition) is 2. The number of rotatable bonds is 13. The normalized spacial score (nSPS) is 10.8. The summed E-state index contributed by atoms with van der Waals surface area (Å²) in [5.74, 6) is 0.238. The Balaban J connectivity index is 0. The summed E-state index contributed by atoms with van der Waals surface area (Å²) in [4.78, 5) is 16.1. The smallest absolute Gasteiger partial charge is 0.303 e. The molecule has 0 fully saturated rings. The first-order chi connectivity index (χ1) is 12.0. The highest BCUT2D eigenvalue weighted by molar-refractivity contribution is 5.78. The first kappa shape index (κ1) is 26.0. The number of nitrogens with one attached hydrogen (secondary N) is 1. The van der Waals surface area contributed by atoms with Gasteiger partial charge in [0.2, 0.25) is 0 Å². The molecule has 0 aromatic heterocycles. The zero-order valence-corrected chi connectivity index (χ0v) is 17.4. The van der Waals surface area contributed by atoms with Crippen molar-refractivity contribution in [2.45, 2.75) is 90.4 Å². The zero-order valence-electron chi connectivity index (χ0n) is 17.4. The second-order valence-corrected chi connectivity index (χ2v) is 6.72. The lowest BCUT2D eigenvalue weighted by atomic mass is 10.0. The van der Waals surface area contributed by atoms with Crippen LogP contribution in [-0.4, -0.2) is 50.1 Å². The van der Waals surface area contributed by atoms with Crippen LogP contribution in [0.4, 0.5) is 0 Å². The highest BCUT2D eigenvalue weighted by atomic mass is 16.4. The van der Waals surface area contributed by atoms with Gasteiger partial charge in [-0.05, 0) is 6.42 Å². The number of unbranched alkanes of at least 4 members (excludes halogenated alkanes) is 11. The summed E-state index contributed by atoms with van der Waals surface area (Å²) in [6, 6.07) is 0. The summed E-state index contributed by atoms with van der Waals surface area (Å²) >= 11 is 0. The molecule has 0 aliphatic heterocycles. The largest absolute Gasteiger partial charge is 0.481 e. The third kappa shape index (κ3) is 22.7. The molecule has 25 heavy (non-hydrogen) atoms. The first-order valence-corrected chi connectivity index (χ1v) is 10.0. The molecule has 0 aliphatic carbocycles. The fourth-order valence-electron chi connectivity index (χ4n) is 2.65. The molecule has 2 N–H and O–H groups in total. The van der Waals surface area contributed by atoms with Gasteiger partial charge in [0.05, 0.1) is 0 Å². The van der Waals surface area contributed by atoms with Gasteiger partial charge in [-0.1, -0.05) is 77.6 Å².